The minimum absolute atomic E-state index is 0. The van der Waals surface area contributed by atoms with E-state index >= 15 is 0 Å². The number of carbonyl (C=O) groups is 1. The van der Waals surface area contributed by atoms with Gasteiger partial charge in [0.25, 0.3) is 5.91 Å². The molecule has 4 aliphatic rings. The normalized spacial score (nSPS) is 28.2. The van der Waals surface area contributed by atoms with E-state index in [9.17, 15) is 4.79 Å². The first kappa shape index (κ1) is 22.9. The number of rotatable bonds is 5. The van der Waals surface area contributed by atoms with Crippen LogP contribution >= 0.6 is 24.8 Å². The molecule has 162 valence electrons. The van der Waals surface area contributed by atoms with Crippen LogP contribution in [0.4, 0.5) is 11.4 Å². The lowest BCUT2D eigenvalue weighted by atomic mass is 9.53. The van der Waals surface area contributed by atoms with E-state index in [1.165, 1.54) is 38.5 Å². The van der Waals surface area contributed by atoms with Gasteiger partial charge < -0.3 is 16.4 Å². The Bertz CT molecular complexity index is 849. The number of para-hydroxylation sites is 2. The number of anilines is 2. The van der Waals surface area contributed by atoms with Gasteiger partial charge in [-0.25, -0.2) is 0 Å². The highest BCUT2D eigenvalue weighted by Gasteiger charge is 2.51. The number of nitrogens with two attached hydrogens (primary N) is 1. The molecule has 0 saturated heterocycles. The molecule has 0 heterocycles. The number of hydrogen-bond donors (Lipinski definition) is 3. The van der Waals surface area contributed by atoms with Crippen LogP contribution in [0.1, 0.15) is 54.4 Å². The smallest absolute Gasteiger partial charge is 0.255 e. The molecule has 30 heavy (non-hydrogen) atoms. The molecular formula is C24H31Cl2N3O. The van der Waals surface area contributed by atoms with Crippen LogP contribution in [0.5, 0.6) is 0 Å². The van der Waals surface area contributed by atoms with E-state index in [-0.39, 0.29) is 36.3 Å². The van der Waals surface area contributed by atoms with E-state index in [0.29, 0.717) is 12.1 Å². The van der Waals surface area contributed by atoms with Crippen LogP contribution in [0.25, 0.3) is 0 Å². The first-order valence-electron chi connectivity index (χ1n) is 10.6. The van der Waals surface area contributed by atoms with E-state index in [0.717, 1.165) is 34.7 Å². The summed E-state index contributed by atoms with van der Waals surface area (Å²) >= 11 is 0. The molecule has 4 N–H and O–H groups in total. The van der Waals surface area contributed by atoms with Crippen molar-refractivity contribution >= 4 is 42.1 Å². The highest BCUT2D eigenvalue weighted by Crippen LogP contribution is 2.56. The fraction of sp³-hybridized carbons (Fsp3) is 0.458. The van der Waals surface area contributed by atoms with E-state index in [1.54, 1.807) is 0 Å². The van der Waals surface area contributed by atoms with Crippen LogP contribution in [-0.2, 0) is 6.54 Å². The molecule has 4 fully saturated rings. The lowest BCUT2D eigenvalue weighted by Gasteiger charge is -2.57. The molecule has 4 bridgehead atoms. The molecule has 2 aromatic rings. The minimum Gasteiger partial charge on any atom is -0.378 e. The topological polar surface area (TPSA) is 67.2 Å². The van der Waals surface area contributed by atoms with Crippen molar-refractivity contribution in [3.05, 3.63) is 59.7 Å². The second kappa shape index (κ2) is 9.17. The van der Waals surface area contributed by atoms with Crippen LogP contribution in [0.15, 0.2) is 48.5 Å². The van der Waals surface area contributed by atoms with Gasteiger partial charge in [0.1, 0.15) is 0 Å². The maximum Gasteiger partial charge on any atom is 0.255 e. The fourth-order valence-electron chi connectivity index (χ4n) is 6.24. The molecule has 0 aromatic heterocycles. The molecule has 6 heteroatoms. The van der Waals surface area contributed by atoms with E-state index in [4.69, 9.17) is 5.73 Å². The maximum absolute atomic E-state index is 12.8. The zero-order chi connectivity index (χ0) is 19.1. The Morgan fingerprint density at radius 2 is 1.40 bits per heavy atom. The third-order valence-electron chi connectivity index (χ3n) is 7.07. The number of amides is 1. The Morgan fingerprint density at radius 1 is 0.867 bits per heavy atom. The predicted molar refractivity (Wildman–Crippen MR) is 128 cm³/mol. The monoisotopic (exact) mass is 447 g/mol. The van der Waals surface area contributed by atoms with Crippen LogP contribution in [0, 0.1) is 17.8 Å². The predicted octanol–water partition coefficient (Wildman–Crippen LogP) is 5.62. The lowest BCUT2D eigenvalue weighted by Crippen LogP contribution is -2.54. The van der Waals surface area contributed by atoms with Crippen molar-refractivity contribution < 1.29 is 4.79 Å². The second-order valence-electron chi connectivity index (χ2n) is 9.22. The Morgan fingerprint density at radius 3 is 1.93 bits per heavy atom. The standard InChI is InChI=1S/C24H29N3O.2ClH/c25-15-16-5-7-20(8-6-16)23(28)26-21-3-1-2-4-22(21)27-24-12-17-9-18(13-24)11-19(10-17)14-24;;/h1-8,17-19,27H,9-15,25H2,(H,26,28);2*1H. The molecule has 2 aromatic carbocycles. The molecule has 6 rings (SSSR count). The summed E-state index contributed by atoms with van der Waals surface area (Å²) < 4.78 is 0. The summed E-state index contributed by atoms with van der Waals surface area (Å²) in [6.07, 6.45) is 8.12. The van der Waals surface area contributed by atoms with Crippen molar-refractivity contribution in [2.75, 3.05) is 10.6 Å². The summed E-state index contributed by atoms with van der Waals surface area (Å²) in [4.78, 5) is 12.8. The first-order chi connectivity index (χ1) is 13.6. The van der Waals surface area contributed by atoms with Crippen LogP contribution in [0.2, 0.25) is 0 Å². The zero-order valence-electron chi connectivity index (χ0n) is 17.1. The molecule has 0 radical (unpaired) electrons. The molecule has 0 atom stereocenters. The number of halogens is 2. The highest BCUT2D eigenvalue weighted by atomic mass is 35.5. The van der Waals surface area contributed by atoms with Gasteiger partial charge in [-0.2, -0.15) is 0 Å². The number of benzene rings is 2. The Hall–Kier alpha value is -1.75. The van der Waals surface area contributed by atoms with Crippen molar-refractivity contribution in [1.29, 1.82) is 0 Å². The van der Waals surface area contributed by atoms with Gasteiger partial charge in [-0.1, -0.05) is 24.3 Å². The van der Waals surface area contributed by atoms with Crippen molar-refractivity contribution in [3.63, 3.8) is 0 Å². The Labute approximate surface area is 191 Å². The molecule has 0 spiro atoms. The van der Waals surface area contributed by atoms with E-state index < -0.39 is 0 Å². The quantitative estimate of drug-likeness (QED) is 0.556. The molecular weight excluding hydrogens is 417 g/mol. The minimum atomic E-state index is -0.0802. The number of hydrogen-bond acceptors (Lipinski definition) is 3. The number of carbonyl (C=O) groups excluding carboxylic acids is 1. The molecule has 0 aliphatic heterocycles. The molecule has 4 saturated carbocycles. The van der Waals surface area contributed by atoms with Crippen molar-refractivity contribution in [3.8, 4) is 0 Å². The largest absolute Gasteiger partial charge is 0.378 e. The van der Waals surface area contributed by atoms with Gasteiger partial charge in [0, 0.05) is 17.6 Å². The summed E-state index contributed by atoms with van der Waals surface area (Å²) in [5, 5.41) is 7.01. The third kappa shape index (κ3) is 4.46. The van der Waals surface area contributed by atoms with Crippen LogP contribution < -0.4 is 16.4 Å². The summed E-state index contributed by atoms with van der Waals surface area (Å²) in [6, 6.07) is 15.6. The van der Waals surface area contributed by atoms with Crippen molar-refractivity contribution in [1.82, 2.24) is 0 Å². The molecule has 4 nitrogen and oxygen atoms in total. The molecule has 4 aliphatic carbocycles. The summed E-state index contributed by atoms with van der Waals surface area (Å²) in [5.41, 5.74) is 9.47. The third-order valence-corrected chi connectivity index (χ3v) is 7.07. The second-order valence-corrected chi connectivity index (χ2v) is 9.22. The van der Waals surface area contributed by atoms with Gasteiger partial charge in [0.05, 0.1) is 11.4 Å². The van der Waals surface area contributed by atoms with Crippen LogP contribution in [-0.4, -0.2) is 11.4 Å². The van der Waals surface area contributed by atoms with Gasteiger partial charge >= 0.3 is 0 Å². The maximum atomic E-state index is 12.8. The first-order valence-corrected chi connectivity index (χ1v) is 10.6. The molecule has 1 amide bonds. The number of nitrogens with one attached hydrogen (secondary N) is 2. The van der Waals surface area contributed by atoms with Gasteiger partial charge in [-0.3, -0.25) is 4.79 Å². The van der Waals surface area contributed by atoms with E-state index in [2.05, 4.69) is 22.8 Å². The van der Waals surface area contributed by atoms with Crippen LogP contribution in [0.3, 0.4) is 0 Å². The molecule has 0 unspecified atom stereocenters. The van der Waals surface area contributed by atoms with E-state index in [1.807, 2.05) is 36.4 Å². The fourth-order valence-corrected chi connectivity index (χ4v) is 6.24. The average Bonchev–Trinajstić information content (AvgIpc) is 2.68. The van der Waals surface area contributed by atoms with Crippen molar-refractivity contribution in [2.45, 2.75) is 50.6 Å². The van der Waals surface area contributed by atoms with Gasteiger partial charge in [-0.05, 0) is 86.1 Å². The Balaban J connectivity index is 0.00000128. The van der Waals surface area contributed by atoms with Gasteiger partial charge in [0.2, 0.25) is 0 Å². The SMILES string of the molecule is Cl.Cl.NCc1ccc(C(=O)Nc2ccccc2NC23CC4CC(CC(C4)C2)C3)cc1. The highest BCUT2D eigenvalue weighted by molar-refractivity contribution is 6.05. The van der Waals surface area contributed by atoms with Crippen molar-refractivity contribution in [2.24, 2.45) is 23.5 Å². The summed E-state index contributed by atoms with van der Waals surface area (Å²) in [6.45, 7) is 0.486. The van der Waals surface area contributed by atoms with Gasteiger partial charge in [-0.15, -0.1) is 24.8 Å². The average molecular weight is 448 g/mol. The zero-order valence-corrected chi connectivity index (χ0v) is 18.7. The summed E-state index contributed by atoms with van der Waals surface area (Å²) in [5.74, 6) is 2.59. The summed E-state index contributed by atoms with van der Waals surface area (Å²) in [7, 11) is 0. The van der Waals surface area contributed by atoms with Gasteiger partial charge in [0.15, 0.2) is 0 Å². The lowest BCUT2D eigenvalue weighted by molar-refractivity contribution is 0.0107. The Kier molecular flexibility index (Phi) is 7.01.